The van der Waals surface area contributed by atoms with Gasteiger partial charge in [0.1, 0.15) is 0 Å². The predicted octanol–water partition coefficient (Wildman–Crippen LogP) is 3.39. The van der Waals surface area contributed by atoms with E-state index >= 15 is 0 Å². The number of rotatable bonds is 5. The maximum absolute atomic E-state index is 10.7. The zero-order chi connectivity index (χ0) is 13.7. The van der Waals surface area contributed by atoms with Gasteiger partial charge in [-0.15, -0.1) is 0 Å². The lowest BCUT2D eigenvalue weighted by Gasteiger charge is -2.10. The summed E-state index contributed by atoms with van der Waals surface area (Å²) in [4.78, 5) is 10.7. The summed E-state index contributed by atoms with van der Waals surface area (Å²) in [5.41, 5.74) is 9.42. The summed E-state index contributed by atoms with van der Waals surface area (Å²) in [5, 5.41) is 8.80. The van der Waals surface area contributed by atoms with Crippen molar-refractivity contribution in [1.82, 2.24) is 0 Å². The molecule has 0 unspecified atom stereocenters. The van der Waals surface area contributed by atoms with Gasteiger partial charge in [0.2, 0.25) is 0 Å². The van der Waals surface area contributed by atoms with Gasteiger partial charge in [-0.3, -0.25) is 0 Å². The average Bonchev–Trinajstić information content (AvgIpc) is 2.46. The molecule has 4 heteroatoms. The maximum Gasteiger partial charge on any atom is 0.335 e. The van der Waals surface area contributed by atoms with E-state index in [4.69, 9.17) is 5.11 Å². The summed E-state index contributed by atoms with van der Waals surface area (Å²) in [6.07, 6.45) is 1.02. The van der Waals surface area contributed by atoms with Crippen molar-refractivity contribution >= 4 is 17.3 Å². The Morgan fingerprint density at radius 2 is 1.42 bits per heavy atom. The Morgan fingerprint density at radius 3 is 1.84 bits per heavy atom. The van der Waals surface area contributed by atoms with E-state index in [0.29, 0.717) is 0 Å². The molecule has 0 aliphatic rings. The number of carboxylic acid groups (broad SMARTS) is 1. The Bertz CT molecular complexity index is 547. The van der Waals surface area contributed by atoms with Crippen molar-refractivity contribution in [1.29, 1.82) is 0 Å². The maximum atomic E-state index is 10.7. The van der Waals surface area contributed by atoms with Gasteiger partial charge in [0, 0.05) is 0 Å². The molecule has 0 aliphatic carbocycles. The third-order valence-electron chi connectivity index (χ3n) is 2.85. The number of carboxylic acids is 1. The second kappa shape index (κ2) is 5.91. The quantitative estimate of drug-likeness (QED) is 0.718. The molecular weight excluding hydrogens is 240 g/mol. The Morgan fingerprint density at radius 1 is 0.947 bits per heavy atom. The van der Waals surface area contributed by atoms with Gasteiger partial charge in [-0.25, -0.2) is 4.79 Å². The molecule has 2 rings (SSSR count). The van der Waals surface area contributed by atoms with Gasteiger partial charge in [-0.2, -0.15) is 0 Å². The standard InChI is InChI=1S/C15H16N2O2/c1-2-11-3-7-13(8-4-11)16-17-14-9-5-12(6-10-14)15(18)19/h3-10,16-17H,2H2,1H3,(H,18,19). The first-order chi connectivity index (χ1) is 9.19. The molecule has 2 aromatic carbocycles. The summed E-state index contributed by atoms with van der Waals surface area (Å²) in [6.45, 7) is 2.12. The van der Waals surface area contributed by atoms with Gasteiger partial charge in [0.05, 0.1) is 16.9 Å². The highest BCUT2D eigenvalue weighted by Gasteiger charge is 2.01. The molecule has 0 radical (unpaired) electrons. The molecular formula is C15H16N2O2. The lowest BCUT2D eigenvalue weighted by molar-refractivity contribution is 0.0697. The number of aromatic carboxylic acids is 1. The van der Waals surface area contributed by atoms with Crippen LogP contribution in [0.3, 0.4) is 0 Å². The van der Waals surface area contributed by atoms with Gasteiger partial charge >= 0.3 is 5.97 Å². The summed E-state index contributed by atoms with van der Waals surface area (Å²) in [6, 6.07) is 14.7. The SMILES string of the molecule is CCc1ccc(NNc2ccc(C(=O)O)cc2)cc1. The molecule has 19 heavy (non-hydrogen) atoms. The molecule has 0 saturated heterocycles. The summed E-state index contributed by atoms with van der Waals surface area (Å²) < 4.78 is 0. The van der Waals surface area contributed by atoms with Gasteiger partial charge in [-0.05, 0) is 48.4 Å². The first-order valence-electron chi connectivity index (χ1n) is 6.13. The largest absolute Gasteiger partial charge is 0.478 e. The number of benzene rings is 2. The monoisotopic (exact) mass is 256 g/mol. The minimum atomic E-state index is -0.922. The highest BCUT2D eigenvalue weighted by atomic mass is 16.4. The molecule has 0 atom stereocenters. The number of anilines is 2. The van der Waals surface area contributed by atoms with Gasteiger partial charge in [0.25, 0.3) is 0 Å². The third kappa shape index (κ3) is 3.48. The van der Waals surface area contributed by atoms with Crippen molar-refractivity contribution in [3.63, 3.8) is 0 Å². The summed E-state index contributed by atoms with van der Waals surface area (Å²) >= 11 is 0. The minimum absolute atomic E-state index is 0.276. The molecule has 0 heterocycles. The molecule has 0 aromatic heterocycles. The van der Waals surface area contributed by atoms with Crippen LogP contribution < -0.4 is 10.9 Å². The Kier molecular flexibility index (Phi) is 4.03. The van der Waals surface area contributed by atoms with Crippen LogP contribution in [-0.4, -0.2) is 11.1 Å². The number of carbonyl (C=O) groups is 1. The fraction of sp³-hybridized carbons (Fsp3) is 0.133. The van der Waals surface area contributed by atoms with Crippen LogP contribution in [0.25, 0.3) is 0 Å². The fourth-order valence-electron chi connectivity index (χ4n) is 1.66. The van der Waals surface area contributed by atoms with Crippen LogP contribution in [0.4, 0.5) is 11.4 Å². The molecule has 0 bridgehead atoms. The molecule has 98 valence electrons. The highest BCUT2D eigenvalue weighted by molar-refractivity contribution is 5.88. The minimum Gasteiger partial charge on any atom is -0.478 e. The zero-order valence-corrected chi connectivity index (χ0v) is 10.7. The van der Waals surface area contributed by atoms with E-state index in [2.05, 4.69) is 29.9 Å². The van der Waals surface area contributed by atoms with E-state index in [1.54, 1.807) is 24.3 Å². The zero-order valence-electron chi connectivity index (χ0n) is 10.7. The molecule has 0 fully saturated rings. The van der Waals surface area contributed by atoms with Crippen molar-refractivity contribution in [2.75, 3.05) is 10.9 Å². The Balaban J connectivity index is 1.95. The van der Waals surface area contributed by atoms with Gasteiger partial charge in [0.15, 0.2) is 0 Å². The molecule has 2 aromatic rings. The van der Waals surface area contributed by atoms with Crippen LogP contribution >= 0.6 is 0 Å². The Labute approximate surface area is 112 Å². The van der Waals surface area contributed by atoms with Crippen LogP contribution in [0.2, 0.25) is 0 Å². The van der Waals surface area contributed by atoms with Crippen LogP contribution in [0.15, 0.2) is 48.5 Å². The van der Waals surface area contributed by atoms with E-state index in [-0.39, 0.29) is 5.56 Å². The van der Waals surface area contributed by atoms with Crippen LogP contribution in [0, 0.1) is 0 Å². The second-order valence-electron chi connectivity index (χ2n) is 4.18. The van der Waals surface area contributed by atoms with Crippen molar-refractivity contribution in [2.45, 2.75) is 13.3 Å². The first kappa shape index (κ1) is 13.0. The van der Waals surface area contributed by atoms with E-state index < -0.39 is 5.97 Å². The van der Waals surface area contributed by atoms with E-state index in [9.17, 15) is 4.79 Å². The number of hydrazine groups is 1. The first-order valence-corrected chi connectivity index (χ1v) is 6.13. The topological polar surface area (TPSA) is 61.4 Å². The molecule has 0 aliphatic heterocycles. The van der Waals surface area contributed by atoms with Crippen molar-refractivity contribution in [3.8, 4) is 0 Å². The summed E-state index contributed by atoms with van der Waals surface area (Å²) in [5.74, 6) is -0.922. The highest BCUT2D eigenvalue weighted by Crippen LogP contribution is 2.13. The number of hydrogen-bond acceptors (Lipinski definition) is 3. The van der Waals surface area contributed by atoms with Gasteiger partial charge in [-0.1, -0.05) is 19.1 Å². The number of hydrogen-bond donors (Lipinski definition) is 3. The van der Waals surface area contributed by atoms with Gasteiger partial charge < -0.3 is 16.0 Å². The van der Waals surface area contributed by atoms with Crippen LogP contribution in [0.5, 0.6) is 0 Å². The third-order valence-corrected chi connectivity index (χ3v) is 2.85. The smallest absolute Gasteiger partial charge is 0.335 e. The van der Waals surface area contributed by atoms with Crippen molar-refractivity contribution in [3.05, 3.63) is 59.7 Å². The van der Waals surface area contributed by atoms with Crippen molar-refractivity contribution < 1.29 is 9.90 Å². The molecule has 0 saturated carbocycles. The fourth-order valence-corrected chi connectivity index (χ4v) is 1.66. The second-order valence-corrected chi connectivity index (χ2v) is 4.18. The van der Waals surface area contributed by atoms with E-state index in [0.717, 1.165) is 17.8 Å². The Hall–Kier alpha value is -2.49. The average molecular weight is 256 g/mol. The van der Waals surface area contributed by atoms with E-state index in [1.807, 2.05) is 12.1 Å². The lowest BCUT2D eigenvalue weighted by Crippen LogP contribution is -2.08. The molecule has 0 amide bonds. The molecule has 3 N–H and O–H groups in total. The lowest BCUT2D eigenvalue weighted by atomic mass is 10.1. The van der Waals surface area contributed by atoms with Crippen LogP contribution in [0.1, 0.15) is 22.8 Å². The van der Waals surface area contributed by atoms with Crippen LogP contribution in [-0.2, 0) is 6.42 Å². The number of aryl methyl sites for hydroxylation is 1. The molecule has 4 nitrogen and oxygen atoms in total. The normalized spacial score (nSPS) is 9.95. The van der Waals surface area contributed by atoms with Crippen molar-refractivity contribution in [2.24, 2.45) is 0 Å². The molecule has 0 spiro atoms. The number of nitrogens with one attached hydrogen (secondary N) is 2. The van der Waals surface area contributed by atoms with E-state index in [1.165, 1.54) is 5.56 Å². The summed E-state index contributed by atoms with van der Waals surface area (Å²) in [7, 11) is 0. The predicted molar refractivity (Wildman–Crippen MR) is 76.5 cm³/mol.